The third kappa shape index (κ3) is 3.58. The maximum absolute atomic E-state index is 4.38. The van der Waals surface area contributed by atoms with Crippen molar-refractivity contribution in [3.63, 3.8) is 0 Å². The van der Waals surface area contributed by atoms with Gasteiger partial charge in [0, 0.05) is 25.3 Å². The predicted octanol–water partition coefficient (Wildman–Crippen LogP) is 3.35. The van der Waals surface area contributed by atoms with Crippen LogP contribution in [0.4, 0.5) is 0 Å². The Kier molecular flexibility index (Phi) is 5.24. The van der Waals surface area contributed by atoms with Crippen LogP contribution in [0.5, 0.6) is 0 Å². The van der Waals surface area contributed by atoms with Gasteiger partial charge in [-0.25, -0.2) is 0 Å². The Morgan fingerprint density at radius 3 is 3.00 bits per heavy atom. The summed E-state index contributed by atoms with van der Waals surface area (Å²) in [5.74, 6) is 0.815. The largest absolute Gasteiger partial charge is 0.308 e. The van der Waals surface area contributed by atoms with Crippen LogP contribution in [0, 0.1) is 5.92 Å². The van der Waals surface area contributed by atoms with Gasteiger partial charge in [0.05, 0.1) is 5.69 Å². The lowest BCUT2D eigenvalue weighted by Gasteiger charge is -2.23. The molecule has 102 valence electrons. The van der Waals surface area contributed by atoms with E-state index in [0.29, 0.717) is 6.04 Å². The molecule has 1 heterocycles. The summed E-state index contributed by atoms with van der Waals surface area (Å²) < 4.78 is 2.13. The van der Waals surface area contributed by atoms with Crippen molar-refractivity contribution >= 4 is 0 Å². The highest BCUT2D eigenvalue weighted by Crippen LogP contribution is 2.23. The first kappa shape index (κ1) is 13.6. The van der Waals surface area contributed by atoms with Crippen LogP contribution in [-0.4, -0.2) is 15.8 Å². The van der Waals surface area contributed by atoms with E-state index in [-0.39, 0.29) is 0 Å². The van der Waals surface area contributed by atoms with Crippen LogP contribution in [0.1, 0.15) is 58.1 Å². The van der Waals surface area contributed by atoms with E-state index < -0.39 is 0 Å². The molecular formula is C15H27N3. The van der Waals surface area contributed by atoms with Crippen molar-refractivity contribution in [3.05, 3.63) is 18.0 Å². The molecule has 1 aromatic rings. The fourth-order valence-electron chi connectivity index (χ4n) is 2.96. The van der Waals surface area contributed by atoms with Crippen LogP contribution in [-0.2, 0) is 13.1 Å². The number of aromatic nitrogens is 2. The van der Waals surface area contributed by atoms with Crippen molar-refractivity contribution in [2.24, 2.45) is 5.92 Å². The second kappa shape index (κ2) is 6.93. The van der Waals surface area contributed by atoms with Crippen molar-refractivity contribution in [2.45, 2.75) is 71.5 Å². The lowest BCUT2D eigenvalue weighted by Crippen LogP contribution is -2.34. The minimum absolute atomic E-state index is 0.692. The number of nitrogens with zero attached hydrogens (tertiary/aromatic N) is 2. The van der Waals surface area contributed by atoms with Gasteiger partial charge in [0.25, 0.3) is 0 Å². The highest BCUT2D eigenvalue weighted by molar-refractivity contribution is 5.00. The average Bonchev–Trinajstić information content (AvgIpc) is 2.70. The summed E-state index contributed by atoms with van der Waals surface area (Å²) >= 11 is 0. The van der Waals surface area contributed by atoms with Gasteiger partial charge in [0.15, 0.2) is 0 Å². The van der Waals surface area contributed by atoms with Gasteiger partial charge in [0.1, 0.15) is 0 Å². The summed E-state index contributed by atoms with van der Waals surface area (Å²) in [5.41, 5.74) is 1.33. The normalized spacial score (nSPS) is 25.0. The Balaban J connectivity index is 1.87. The molecule has 0 aliphatic heterocycles. The molecule has 0 amide bonds. The molecule has 2 unspecified atom stereocenters. The smallest absolute Gasteiger partial charge is 0.0522 e. The number of aryl methyl sites for hydroxylation is 1. The van der Waals surface area contributed by atoms with Crippen molar-refractivity contribution in [3.8, 4) is 0 Å². The van der Waals surface area contributed by atoms with Crippen LogP contribution < -0.4 is 5.32 Å². The molecule has 0 saturated heterocycles. The van der Waals surface area contributed by atoms with Crippen LogP contribution >= 0.6 is 0 Å². The van der Waals surface area contributed by atoms with Gasteiger partial charge in [-0.05, 0) is 31.2 Å². The van der Waals surface area contributed by atoms with Gasteiger partial charge < -0.3 is 5.32 Å². The molecule has 0 radical (unpaired) electrons. The molecule has 1 aliphatic carbocycles. The van der Waals surface area contributed by atoms with E-state index in [1.165, 1.54) is 37.8 Å². The Hall–Kier alpha value is -0.830. The number of rotatable bonds is 5. The highest BCUT2D eigenvalue weighted by Gasteiger charge is 2.19. The van der Waals surface area contributed by atoms with Crippen LogP contribution in [0.25, 0.3) is 0 Å². The Morgan fingerprint density at radius 1 is 1.33 bits per heavy atom. The molecule has 3 heteroatoms. The van der Waals surface area contributed by atoms with Crippen LogP contribution in [0.2, 0.25) is 0 Å². The van der Waals surface area contributed by atoms with E-state index in [4.69, 9.17) is 0 Å². The molecule has 0 bridgehead atoms. The van der Waals surface area contributed by atoms with E-state index in [2.05, 4.69) is 35.0 Å². The quantitative estimate of drug-likeness (QED) is 0.811. The third-order valence-corrected chi connectivity index (χ3v) is 4.15. The topological polar surface area (TPSA) is 29.9 Å². The van der Waals surface area contributed by atoms with E-state index >= 15 is 0 Å². The number of nitrogens with one attached hydrogen (secondary N) is 1. The lowest BCUT2D eigenvalue weighted by molar-refractivity contribution is 0.351. The predicted molar refractivity (Wildman–Crippen MR) is 75.4 cm³/mol. The molecule has 2 rings (SSSR count). The van der Waals surface area contributed by atoms with Gasteiger partial charge in [-0.2, -0.15) is 5.10 Å². The molecule has 0 aromatic carbocycles. The third-order valence-electron chi connectivity index (χ3n) is 4.15. The van der Waals surface area contributed by atoms with Crippen molar-refractivity contribution in [1.29, 1.82) is 0 Å². The fourth-order valence-corrected chi connectivity index (χ4v) is 2.96. The molecule has 1 N–H and O–H groups in total. The Morgan fingerprint density at radius 2 is 2.17 bits per heavy atom. The zero-order chi connectivity index (χ0) is 12.8. The first-order chi connectivity index (χ1) is 8.81. The van der Waals surface area contributed by atoms with E-state index in [1.807, 2.05) is 6.20 Å². The molecule has 18 heavy (non-hydrogen) atoms. The zero-order valence-corrected chi connectivity index (χ0v) is 11.9. The summed E-state index contributed by atoms with van der Waals surface area (Å²) in [6.07, 6.45) is 9.99. The molecule has 3 nitrogen and oxygen atoms in total. The van der Waals surface area contributed by atoms with Crippen molar-refractivity contribution < 1.29 is 0 Å². The maximum atomic E-state index is 4.38. The highest BCUT2D eigenvalue weighted by atomic mass is 15.3. The summed E-state index contributed by atoms with van der Waals surface area (Å²) in [6.45, 7) is 6.60. The van der Waals surface area contributed by atoms with Gasteiger partial charge in [-0.15, -0.1) is 0 Å². The molecule has 1 fully saturated rings. The van der Waals surface area contributed by atoms with Gasteiger partial charge in [-0.3, -0.25) is 4.68 Å². The SMILES string of the molecule is CCCn1nccc1CNC1CCCCCC1C. The minimum Gasteiger partial charge on any atom is -0.308 e. The van der Waals surface area contributed by atoms with E-state index in [1.54, 1.807) is 0 Å². The van der Waals surface area contributed by atoms with Gasteiger partial charge in [0.2, 0.25) is 0 Å². The first-order valence-electron chi connectivity index (χ1n) is 7.55. The minimum atomic E-state index is 0.692. The summed E-state index contributed by atoms with van der Waals surface area (Å²) in [4.78, 5) is 0. The second-order valence-corrected chi connectivity index (χ2v) is 5.65. The molecule has 1 aliphatic rings. The Labute approximate surface area is 111 Å². The van der Waals surface area contributed by atoms with Crippen LogP contribution in [0.15, 0.2) is 12.3 Å². The number of hydrogen-bond acceptors (Lipinski definition) is 2. The summed E-state index contributed by atoms with van der Waals surface area (Å²) in [6, 6.07) is 2.83. The molecule has 1 aromatic heterocycles. The summed E-state index contributed by atoms with van der Waals surface area (Å²) in [7, 11) is 0. The second-order valence-electron chi connectivity index (χ2n) is 5.65. The lowest BCUT2D eigenvalue weighted by atomic mass is 9.97. The van der Waals surface area contributed by atoms with Crippen molar-refractivity contribution in [2.75, 3.05) is 0 Å². The zero-order valence-electron chi connectivity index (χ0n) is 11.9. The fraction of sp³-hybridized carbons (Fsp3) is 0.800. The average molecular weight is 249 g/mol. The van der Waals surface area contributed by atoms with E-state index in [9.17, 15) is 0 Å². The van der Waals surface area contributed by atoms with Gasteiger partial charge >= 0.3 is 0 Å². The van der Waals surface area contributed by atoms with Crippen LogP contribution in [0.3, 0.4) is 0 Å². The van der Waals surface area contributed by atoms with Crippen molar-refractivity contribution in [1.82, 2.24) is 15.1 Å². The molecular weight excluding hydrogens is 222 g/mol. The standard InChI is InChI=1S/C15H27N3/c1-3-11-18-14(9-10-17-18)12-16-15-8-6-4-5-7-13(15)2/h9-10,13,15-16H,3-8,11-12H2,1-2H3. The summed E-state index contributed by atoms with van der Waals surface area (Å²) in [5, 5.41) is 8.14. The maximum Gasteiger partial charge on any atom is 0.0522 e. The number of hydrogen-bond donors (Lipinski definition) is 1. The monoisotopic (exact) mass is 249 g/mol. The Bertz CT molecular complexity index is 345. The molecule has 2 atom stereocenters. The van der Waals surface area contributed by atoms with E-state index in [0.717, 1.165) is 25.4 Å². The first-order valence-corrected chi connectivity index (χ1v) is 7.55. The molecule has 1 saturated carbocycles. The van der Waals surface area contributed by atoms with Gasteiger partial charge in [-0.1, -0.05) is 33.1 Å². The molecule has 0 spiro atoms.